The van der Waals surface area contributed by atoms with Gasteiger partial charge in [-0.1, -0.05) is 70.9 Å². The molecular weight excluding hydrogens is 276 g/mol. The van der Waals surface area contributed by atoms with Crippen LogP contribution in [0.5, 0.6) is 0 Å². The van der Waals surface area contributed by atoms with Gasteiger partial charge in [0.15, 0.2) is 0 Å². The van der Waals surface area contributed by atoms with Gasteiger partial charge in [0.05, 0.1) is 12.2 Å². The van der Waals surface area contributed by atoms with E-state index >= 15 is 0 Å². The summed E-state index contributed by atoms with van der Waals surface area (Å²) in [5.41, 5.74) is 1.77. The molecule has 0 spiro atoms. The average molecular weight is 305 g/mol. The molecule has 0 unspecified atom stereocenters. The summed E-state index contributed by atoms with van der Waals surface area (Å²) in [4.78, 5) is 21.6. The van der Waals surface area contributed by atoms with Crippen molar-refractivity contribution in [2.75, 3.05) is 6.61 Å². The number of hydrogen-bond acceptors (Lipinski definition) is 3. The van der Waals surface area contributed by atoms with E-state index < -0.39 is 5.97 Å². The van der Waals surface area contributed by atoms with Crippen LogP contribution in [0.25, 0.3) is 0 Å². The quantitative estimate of drug-likeness (QED) is 0.299. The van der Waals surface area contributed by atoms with E-state index in [1.54, 1.807) is 12.1 Å². The molecule has 0 saturated heterocycles. The van der Waals surface area contributed by atoms with Crippen LogP contribution in [-0.4, -0.2) is 12.6 Å². The average Bonchev–Trinajstić information content (AvgIpc) is 2.54. The van der Waals surface area contributed by atoms with Crippen molar-refractivity contribution < 1.29 is 14.6 Å². The van der Waals surface area contributed by atoms with Gasteiger partial charge in [-0.15, -0.1) is 0 Å². The molecule has 0 fully saturated rings. The lowest BCUT2D eigenvalue weighted by Gasteiger charge is -2.05. The largest absolute Gasteiger partial charge is 0.373 e. The zero-order chi connectivity index (χ0) is 16.0. The molecule has 22 heavy (non-hydrogen) atoms. The lowest BCUT2D eigenvalue weighted by Crippen LogP contribution is -2.07. The molecule has 0 amide bonds. The number of aryl methyl sites for hydroxylation is 1. The lowest BCUT2D eigenvalue weighted by molar-refractivity contribution is -0.241. The highest BCUT2D eigenvalue weighted by molar-refractivity contribution is 5.88. The van der Waals surface area contributed by atoms with E-state index in [1.165, 1.54) is 31.2 Å². The van der Waals surface area contributed by atoms with Gasteiger partial charge in [0.1, 0.15) is 0 Å². The Morgan fingerprint density at radius 3 is 2.27 bits per heavy atom. The predicted molar refractivity (Wildman–Crippen MR) is 89.5 cm³/mol. The van der Waals surface area contributed by atoms with Gasteiger partial charge in [0, 0.05) is 0 Å². The molecule has 123 valence electrons. The Bertz CT molecular complexity index is 398. The SMILES string of the molecule is [CH2]CCCCCCCCOOC(=O)c1ccc(CCC)cc1. The second-order valence-corrected chi connectivity index (χ2v) is 5.61. The van der Waals surface area contributed by atoms with Crippen molar-refractivity contribution in [2.45, 2.75) is 64.7 Å². The first-order chi connectivity index (χ1) is 10.8. The summed E-state index contributed by atoms with van der Waals surface area (Å²) in [7, 11) is 0. The first-order valence-corrected chi connectivity index (χ1v) is 8.50. The molecule has 1 aromatic carbocycles. The standard InChI is InChI=1S/C19H29O3/c1-3-5-6-7-8-9-10-16-21-22-19(20)18-14-12-17(11-4-2)13-15-18/h12-15H,1,3-11,16H2,2H3. The summed E-state index contributed by atoms with van der Waals surface area (Å²) in [5, 5.41) is 0. The Kier molecular flexibility index (Phi) is 10.4. The summed E-state index contributed by atoms with van der Waals surface area (Å²) in [6, 6.07) is 7.51. The lowest BCUT2D eigenvalue weighted by atomic mass is 10.1. The molecule has 0 aliphatic carbocycles. The Balaban J connectivity index is 2.08. The van der Waals surface area contributed by atoms with Gasteiger partial charge in [0.2, 0.25) is 0 Å². The van der Waals surface area contributed by atoms with Gasteiger partial charge >= 0.3 is 5.97 Å². The zero-order valence-corrected chi connectivity index (χ0v) is 13.8. The van der Waals surface area contributed by atoms with Gasteiger partial charge in [-0.05, 0) is 30.5 Å². The monoisotopic (exact) mass is 305 g/mol. The molecule has 0 aliphatic rings. The molecule has 0 N–H and O–H groups in total. The highest BCUT2D eigenvalue weighted by Crippen LogP contribution is 2.09. The molecule has 3 heteroatoms. The van der Waals surface area contributed by atoms with Gasteiger partial charge in [-0.3, -0.25) is 4.89 Å². The van der Waals surface area contributed by atoms with Crippen LogP contribution < -0.4 is 0 Å². The molecule has 0 heterocycles. The molecule has 0 aliphatic heterocycles. The third-order valence-electron chi connectivity index (χ3n) is 3.59. The van der Waals surface area contributed by atoms with Gasteiger partial charge < -0.3 is 0 Å². The topological polar surface area (TPSA) is 35.5 Å². The van der Waals surface area contributed by atoms with E-state index in [1.807, 2.05) is 12.1 Å². The Hall–Kier alpha value is -1.35. The summed E-state index contributed by atoms with van der Waals surface area (Å²) >= 11 is 0. The van der Waals surface area contributed by atoms with Crippen LogP contribution in [-0.2, 0) is 16.2 Å². The zero-order valence-electron chi connectivity index (χ0n) is 13.8. The number of carbonyl (C=O) groups excluding carboxylic acids is 1. The van der Waals surface area contributed by atoms with Crippen molar-refractivity contribution in [2.24, 2.45) is 0 Å². The van der Waals surface area contributed by atoms with Crippen molar-refractivity contribution in [3.63, 3.8) is 0 Å². The second-order valence-electron chi connectivity index (χ2n) is 5.61. The van der Waals surface area contributed by atoms with Gasteiger partial charge in [-0.25, -0.2) is 4.79 Å². The van der Waals surface area contributed by atoms with Crippen LogP contribution in [0.2, 0.25) is 0 Å². The maximum absolute atomic E-state index is 11.8. The number of unbranched alkanes of at least 4 members (excludes halogenated alkanes) is 6. The third kappa shape index (κ3) is 8.18. The fourth-order valence-corrected chi connectivity index (χ4v) is 2.28. The molecule has 0 saturated carbocycles. The van der Waals surface area contributed by atoms with E-state index in [0.717, 1.165) is 32.1 Å². The second kappa shape index (κ2) is 12.2. The number of carbonyl (C=O) groups is 1. The molecule has 1 aromatic rings. The van der Waals surface area contributed by atoms with Crippen LogP contribution in [0.15, 0.2) is 24.3 Å². The van der Waals surface area contributed by atoms with E-state index in [4.69, 9.17) is 9.78 Å². The highest BCUT2D eigenvalue weighted by Gasteiger charge is 2.07. The summed E-state index contributed by atoms with van der Waals surface area (Å²) in [6.07, 6.45) is 10.1. The number of benzene rings is 1. The predicted octanol–water partition coefficient (Wildman–Crippen LogP) is 5.29. The van der Waals surface area contributed by atoms with Crippen molar-refractivity contribution >= 4 is 5.97 Å². The van der Waals surface area contributed by atoms with Crippen molar-refractivity contribution in [1.29, 1.82) is 0 Å². The minimum Gasteiger partial charge on any atom is -0.293 e. The molecule has 1 radical (unpaired) electrons. The molecule has 3 nitrogen and oxygen atoms in total. The Labute approximate surface area is 134 Å². The van der Waals surface area contributed by atoms with Gasteiger partial charge in [0.25, 0.3) is 0 Å². The molecule has 1 rings (SSSR count). The maximum atomic E-state index is 11.8. The first-order valence-electron chi connectivity index (χ1n) is 8.50. The van der Waals surface area contributed by atoms with Gasteiger partial charge in [-0.2, -0.15) is 4.89 Å². The van der Waals surface area contributed by atoms with E-state index in [0.29, 0.717) is 12.2 Å². The minimum absolute atomic E-state index is 0.418. The number of hydrogen-bond donors (Lipinski definition) is 0. The van der Waals surface area contributed by atoms with Crippen LogP contribution in [0.4, 0.5) is 0 Å². The summed E-state index contributed by atoms with van der Waals surface area (Å²) in [5.74, 6) is -0.418. The third-order valence-corrected chi connectivity index (χ3v) is 3.59. The Morgan fingerprint density at radius 2 is 1.64 bits per heavy atom. The van der Waals surface area contributed by atoms with E-state index in [-0.39, 0.29) is 0 Å². The smallest absolute Gasteiger partial charge is 0.293 e. The minimum atomic E-state index is -0.418. The van der Waals surface area contributed by atoms with Crippen molar-refractivity contribution in [3.05, 3.63) is 42.3 Å². The van der Waals surface area contributed by atoms with Crippen molar-refractivity contribution in [1.82, 2.24) is 0 Å². The van der Waals surface area contributed by atoms with E-state index in [9.17, 15) is 4.79 Å². The molecule has 0 atom stereocenters. The fourth-order valence-electron chi connectivity index (χ4n) is 2.28. The number of rotatable bonds is 12. The first kappa shape index (κ1) is 18.7. The van der Waals surface area contributed by atoms with Crippen LogP contribution in [0, 0.1) is 6.92 Å². The van der Waals surface area contributed by atoms with E-state index in [2.05, 4.69) is 13.8 Å². The van der Waals surface area contributed by atoms with Crippen LogP contribution >= 0.6 is 0 Å². The molecule has 0 aromatic heterocycles. The molecular formula is C19H29O3. The highest BCUT2D eigenvalue weighted by atomic mass is 17.2. The molecule has 0 bridgehead atoms. The van der Waals surface area contributed by atoms with Crippen molar-refractivity contribution in [3.8, 4) is 0 Å². The normalized spacial score (nSPS) is 10.6. The maximum Gasteiger partial charge on any atom is 0.373 e. The summed E-state index contributed by atoms with van der Waals surface area (Å²) < 4.78 is 0. The summed E-state index contributed by atoms with van der Waals surface area (Å²) in [6.45, 7) is 6.43. The Morgan fingerprint density at radius 1 is 1.00 bits per heavy atom. The fraction of sp³-hybridized carbons (Fsp3) is 0.579. The van der Waals surface area contributed by atoms with Crippen LogP contribution in [0.3, 0.4) is 0 Å². The van der Waals surface area contributed by atoms with Crippen LogP contribution in [0.1, 0.15) is 74.2 Å².